The first kappa shape index (κ1) is 11.4. The third kappa shape index (κ3) is 1.74. The van der Waals surface area contributed by atoms with Crippen LogP contribution < -0.4 is 10.6 Å². The summed E-state index contributed by atoms with van der Waals surface area (Å²) in [5.41, 5.74) is 8.67. The molecule has 1 aliphatic heterocycles. The molecule has 0 saturated heterocycles. The van der Waals surface area contributed by atoms with Crippen LogP contribution in [0.25, 0.3) is 0 Å². The summed E-state index contributed by atoms with van der Waals surface area (Å²) in [4.78, 5) is 2.49. The molecule has 1 saturated carbocycles. The minimum absolute atomic E-state index is 0.209. The van der Waals surface area contributed by atoms with Gasteiger partial charge in [-0.3, -0.25) is 0 Å². The number of benzene rings is 1. The van der Waals surface area contributed by atoms with E-state index in [9.17, 15) is 0 Å². The maximum absolute atomic E-state index is 6.38. The second-order valence-electron chi connectivity index (χ2n) is 5.41. The number of nitrogens with zero attached hydrogens (tertiary/aromatic N) is 1. The number of hydrogen-bond acceptors (Lipinski definition) is 2. The lowest BCUT2D eigenvalue weighted by Crippen LogP contribution is -2.40. The molecule has 2 unspecified atom stereocenters. The lowest BCUT2D eigenvalue weighted by molar-refractivity contribution is 0.562. The molecule has 2 N–H and O–H groups in total. The first-order valence-corrected chi connectivity index (χ1v) is 6.87. The highest BCUT2D eigenvalue weighted by Gasteiger charge is 2.42. The summed E-state index contributed by atoms with van der Waals surface area (Å²) in [6.45, 7) is 3.01. The zero-order valence-corrected chi connectivity index (χ0v) is 11.0. The molecule has 0 radical (unpaired) electrons. The molecule has 0 aromatic heterocycles. The number of nitrogens with two attached hydrogens (primary N) is 1. The maximum atomic E-state index is 6.38. The average molecular weight is 251 g/mol. The third-order valence-electron chi connectivity index (χ3n) is 4.07. The van der Waals surface area contributed by atoms with Crippen molar-refractivity contribution in [1.29, 1.82) is 0 Å². The van der Waals surface area contributed by atoms with Gasteiger partial charge < -0.3 is 10.6 Å². The zero-order valence-electron chi connectivity index (χ0n) is 10.2. The Morgan fingerprint density at radius 1 is 1.47 bits per heavy atom. The molecule has 3 rings (SSSR count). The van der Waals surface area contributed by atoms with Crippen molar-refractivity contribution in [1.82, 2.24) is 0 Å². The SMILES string of the molecule is C[C@H](N)CN1c2cccc(Cl)c2C2CCCC21. The molecular weight excluding hydrogens is 232 g/mol. The van der Waals surface area contributed by atoms with Crippen molar-refractivity contribution >= 4 is 17.3 Å². The molecule has 1 aromatic rings. The van der Waals surface area contributed by atoms with Crippen LogP contribution in [0.3, 0.4) is 0 Å². The molecule has 0 bridgehead atoms. The van der Waals surface area contributed by atoms with Gasteiger partial charge in [0.05, 0.1) is 0 Å². The van der Waals surface area contributed by atoms with Gasteiger partial charge in [-0.05, 0) is 37.5 Å². The zero-order chi connectivity index (χ0) is 12.0. The smallest absolute Gasteiger partial charge is 0.0462 e. The van der Waals surface area contributed by atoms with Crippen LogP contribution in [0.2, 0.25) is 5.02 Å². The van der Waals surface area contributed by atoms with Crippen LogP contribution in [0.15, 0.2) is 18.2 Å². The van der Waals surface area contributed by atoms with E-state index < -0.39 is 0 Å². The molecule has 1 aromatic carbocycles. The summed E-state index contributed by atoms with van der Waals surface area (Å²) in [5, 5.41) is 0.937. The normalized spacial score (nSPS) is 28.1. The molecule has 2 aliphatic rings. The molecule has 3 atom stereocenters. The highest BCUT2D eigenvalue weighted by Crippen LogP contribution is 2.51. The van der Waals surface area contributed by atoms with E-state index in [2.05, 4.69) is 24.0 Å². The Balaban J connectivity index is 2.04. The Kier molecular flexibility index (Phi) is 2.80. The first-order valence-electron chi connectivity index (χ1n) is 6.49. The largest absolute Gasteiger partial charge is 0.366 e. The number of fused-ring (bicyclic) bond motifs is 3. The van der Waals surface area contributed by atoms with Gasteiger partial charge in [0.15, 0.2) is 0 Å². The minimum Gasteiger partial charge on any atom is -0.366 e. The molecular formula is C14H19ClN2. The van der Waals surface area contributed by atoms with Crippen LogP contribution in [0.5, 0.6) is 0 Å². The van der Waals surface area contributed by atoms with E-state index in [1.54, 1.807) is 0 Å². The Morgan fingerprint density at radius 2 is 2.29 bits per heavy atom. The topological polar surface area (TPSA) is 29.3 Å². The number of anilines is 1. The Morgan fingerprint density at radius 3 is 3.06 bits per heavy atom. The van der Waals surface area contributed by atoms with Crippen LogP contribution in [0, 0.1) is 0 Å². The van der Waals surface area contributed by atoms with Crippen LogP contribution >= 0.6 is 11.6 Å². The van der Waals surface area contributed by atoms with Crippen LogP contribution in [-0.2, 0) is 0 Å². The molecule has 1 heterocycles. The van der Waals surface area contributed by atoms with Gasteiger partial charge in [0, 0.05) is 35.3 Å². The van der Waals surface area contributed by atoms with E-state index in [1.807, 2.05) is 6.07 Å². The van der Waals surface area contributed by atoms with Crippen molar-refractivity contribution in [3.63, 3.8) is 0 Å². The maximum Gasteiger partial charge on any atom is 0.0462 e. The fraction of sp³-hybridized carbons (Fsp3) is 0.571. The summed E-state index contributed by atoms with van der Waals surface area (Å²) < 4.78 is 0. The van der Waals surface area contributed by atoms with E-state index in [1.165, 1.54) is 30.5 Å². The number of rotatable bonds is 2. The summed E-state index contributed by atoms with van der Waals surface area (Å²) in [5.74, 6) is 0.637. The summed E-state index contributed by atoms with van der Waals surface area (Å²) in [7, 11) is 0. The molecule has 1 aliphatic carbocycles. The van der Waals surface area contributed by atoms with Crippen molar-refractivity contribution in [2.45, 2.75) is 44.2 Å². The van der Waals surface area contributed by atoms with Gasteiger partial charge in [0.25, 0.3) is 0 Å². The van der Waals surface area contributed by atoms with E-state index in [4.69, 9.17) is 17.3 Å². The highest BCUT2D eigenvalue weighted by molar-refractivity contribution is 6.32. The third-order valence-corrected chi connectivity index (χ3v) is 4.40. The molecule has 2 nitrogen and oxygen atoms in total. The van der Waals surface area contributed by atoms with Crippen molar-refractivity contribution < 1.29 is 0 Å². The van der Waals surface area contributed by atoms with Crippen molar-refractivity contribution in [2.75, 3.05) is 11.4 Å². The quantitative estimate of drug-likeness (QED) is 0.874. The van der Waals surface area contributed by atoms with Crippen LogP contribution in [0.4, 0.5) is 5.69 Å². The lowest BCUT2D eigenvalue weighted by Gasteiger charge is -2.28. The molecule has 0 amide bonds. The first-order chi connectivity index (χ1) is 8.18. The van der Waals surface area contributed by atoms with E-state index in [-0.39, 0.29) is 6.04 Å². The molecule has 0 spiro atoms. The molecule has 3 heteroatoms. The second-order valence-corrected chi connectivity index (χ2v) is 5.81. The molecule has 17 heavy (non-hydrogen) atoms. The van der Waals surface area contributed by atoms with E-state index in [0.29, 0.717) is 12.0 Å². The fourth-order valence-corrected chi connectivity index (χ4v) is 3.83. The van der Waals surface area contributed by atoms with E-state index >= 15 is 0 Å². The summed E-state index contributed by atoms with van der Waals surface area (Å²) in [6, 6.07) is 7.11. The number of halogens is 1. The van der Waals surface area contributed by atoms with Gasteiger partial charge in [0.2, 0.25) is 0 Å². The minimum atomic E-state index is 0.209. The summed E-state index contributed by atoms with van der Waals surface area (Å²) in [6.07, 6.45) is 3.87. The predicted molar refractivity (Wildman–Crippen MR) is 72.8 cm³/mol. The van der Waals surface area contributed by atoms with Gasteiger partial charge in [-0.25, -0.2) is 0 Å². The van der Waals surface area contributed by atoms with Crippen LogP contribution in [0.1, 0.15) is 37.7 Å². The van der Waals surface area contributed by atoms with Crippen LogP contribution in [-0.4, -0.2) is 18.6 Å². The number of hydrogen-bond donors (Lipinski definition) is 1. The van der Waals surface area contributed by atoms with Crippen molar-refractivity contribution in [2.24, 2.45) is 5.73 Å². The van der Waals surface area contributed by atoms with E-state index in [0.717, 1.165) is 11.6 Å². The van der Waals surface area contributed by atoms with Gasteiger partial charge in [0.1, 0.15) is 0 Å². The average Bonchev–Trinajstić information content (AvgIpc) is 2.82. The van der Waals surface area contributed by atoms with Crippen molar-refractivity contribution in [3.05, 3.63) is 28.8 Å². The summed E-state index contributed by atoms with van der Waals surface area (Å²) >= 11 is 6.38. The van der Waals surface area contributed by atoms with Gasteiger partial charge in [-0.2, -0.15) is 0 Å². The molecule has 92 valence electrons. The monoisotopic (exact) mass is 250 g/mol. The molecule has 1 fully saturated rings. The Hall–Kier alpha value is -0.730. The fourth-order valence-electron chi connectivity index (χ4n) is 3.52. The lowest BCUT2D eigenvalue weighted by atomic mass is 9.97. The van der Waals surface area contributed by atoms with Gasteiger partial charge >= 0.3 is 0 Å². The van der Waals surface area contributed by atoms with Gasteiger partial charge in [-0.1, -0.05) is 24.1 Å². The highest BCUT2D eigenvalue weighted by atomic mass is 35.5. The standard InChI is InChI=1S/C14H19ClN2/c1-9(16)8-17-12-6-2-4-10(12)14-11(15)5-3-7-13(14)17/h3,5,7,9-10,12H,2,4,6,8,16H2,1H3/t9-,10?,12?/m0/s1. The Labute approximate surface area is 108 Å². The van der Waals surface area contributed by atoms with Crippen molar-refractivity contribution in [3.8, 4) is 0 Å². The second kappa shape index (κ2) is 4.18. The Bertz CT molecular complexity index is 430. The van der Waals surface area contributed by atoms with Gasteiger partial charge in [-0.15, -0.1) is 0 Å². The predicted octanol–water partition coefficient (Wildman–Crippen LogP) is 3.14.